The fourth-order valence-corrected chi connectivity index (χ4v) is 1.73. The second kappa shape index (κ2) is 6.74. The Morgan fingerprint density at radius 1 is 1.35 bits per heavy atom. The molecule has 1 aromatic carbocycles. The van der Waals surface area contributed by atoms with E-state index in [4.69, 9.17) is 5.11 Å². The van der Waals surface area contributed by atoms with Gasteiger partial charge in [-0.25, -0.2) is 0 Å². The van der Waals surface area contributed by atoms with E-state index in [1.807, 2.05) is 45.2 Å². The predicted molar refractivity (Wildman–Crippen MR) is 69.9 cm³/mol. The smallest absolute Gasteiger partial charge is 0.0802 e. The molecule has 0 aliphatic heterocycles. The lowest BCUT2D eigenvalue weighted by Gasteiger charge is -2.24. The van der Waals surface area contributed by atoms with Crippen LogP contribution in [0.5, 0.6) is 0 Å². The summed E-state index contributed by atoms with van der Waals surface area (Å²) in [7, 11) is 1.96. The molecule has 96 valence electrons. The molecule has 0 amide bonds. The number of rotatable bonds is 6. The molecule has 0 saturated carbocycles. The van der Waals surface area contributed by atoms with E-state index < -0.39 is 6.10 Å². The minimum absolute atomic E-state index is 0.139. The van der Waals surface area contributed by atoms with Crippen LogP contribution in [0.3, 0.4) is 0 Å². The third-order valence-electron chi connectivity index (χ3n) is 3.20. The van der Waals surface area contributed by atoms with E-state index in [0.717, 1.165) is 12.1 Å². The van der Waals surface area contributed by atoms with Gasteiger partial charge in [0.1, 0.15) is 0 Å². The van der Waals surface area contributed by atoms with Crippen molar-refractivity contribution in [2.45, 2.75) is 32.4 Å². The highest BCUT2D eigenvalue weighted by atomic mass is 16.3. The molecule has 1 rings (SSSR count). The second-order valence-electron chi connectivity index (χ2n) is 4.73. The van der Waals surface area contributed by atoms with Gasteiger partial charge in [-0.1, -0.05) is 29.8 Å². The molecule has 0 radical (unpaired) electrons. The Hall–Kier alpha value is -0.900. The molecule has 2 unspecified atom stereocenters. The Kier molecular flexibility index (Phi) is 5.62. The van der Waals surface area contributed by atoms with E-state index in [2.05, 4.69) is 4.90 Å². The van der Waals surface area contributed by atoms with Gasteiger partial charge < -0.3 is 15.1 Å². The van der Waals surface area contributed by atoms with Crippen LogP contribution in [0.4, 0.5) is 0 Å². The monoisotopic (exact) mass is 237 g/mol. The molecule has 17 heavy (non-hydrogen) atoms. The van der Waals surface area contributed by atoms with E-state index in [9.17, 15) is 5.11 Å². The molecule has 2 atom stereocenters. The van der Waals surface area contributed by atoms with Crippen LogP contribution in [0.2, 0.25) is 0 Å². The number of aliphatic hydroxyl groups is 2. The fraction of sp³-hybridized carbons (Fsp3) is 0.571. The Labute approximate surface area is 104 Å². The number of nitrogens with zero attached hydrogens (tertiary/aromatic N) is 1. The van der Waals surface area contributed by atoms with Crippen molar-refractivity contribution in [1.29, 1.82) is 0 Å². The van der Waals surface area contributed by atoms with Crippen LogP contribution < -0.4 is 0 Å². The fourth-order valence-electron chi connectivity index (χ4n) is 1.73. The first kappa shape index (κ1) is 14.2. The summed E-state index contributed by atoms with van der Waals surface area (Å²) in [5, 5.41) is 19.1. The van der Waals surface area contributed by atoms with E-state index in [-0.39, 0.29) is 12.6 Å². The van der Waals surface area contributed by atoms with E-state index in [0.29, 0.717) is 6.42 Å². The van der Waals surface area contributed by atoms with Crippen LogP contribution >= 0.6 is 0 Å². The predicted octanol–water partition coefficient (Wildman–Crippen LogP) is 1.73. The standard InChI is InChI=1S/C14H23NO2/c1-11-5-4-6-13(9-11)14(17)7-8-15(3)12(2)10-16/h4-6,9,12,14,16-17H,7-8,10H2,1-3H3. The molecule has 2 N–H and O–H groups in total. The SMILES string of the molecule is Cc1cccc(C(O)CCN(C)C(C)CO)c1. The van der Waals surface area contributed by atoms with Crippen molar-refractivity contribution in [3.8, 4) is 0 Å². The summed E-state index contributed by atoms with van der Waals surface area (Å²) in [6, 6.07) is 8.09. The Bertz CT molecular complexity index is 341. The summed E-state index contributed by atoms with van der Waals surface area (Å²) in [6.45, 7) is 4.92. The average molecular weight is 237 g/mol. The Balaban J connectivity index is 2.47. The summed E-state index contributed by atoms with van der Waals surface area (Å²) in [5.41, 5.74) is 2.13. The zero-order valence-corrected chi connectivity index (χ0v) is 10.9. The first-order valence-electron chi connectivity index (χ1n) is 6.10. The van der Waals surface area contributed by atoms with Crippen molar-refractivity contribution in [2.75, 3.05) is 20.2 Å². The van der Waals surface area contributed by atoms with Gasteiger partial charge >= 0.3 is 0 Å². The maximum absolute atomic E-state index is 10.1. The number of aryl methyl sites for hydroxylation is 1. The van der Waals surface area contributed by atoms with E-state index in [1.165, 1.54) is 5.56 Å². The van der Waals surface area contributed by atoms with E-state index in [1.54, 1.807) is 0 Å². The van der Waals surface area contributed by atoms with Crippen molar-refractivity contribution in [2.24, 2.45) is 0 Å². The third-order valence-corrected chi connectivity index (χ3v) is 3.20. The van der Waals surface area contributed by atoms with Crippen LogP contribution in [0, 0.1) is 6.92 Å². The zero-order valence-electron chi connectivity index (χ0n) is 10.9. The van der Waals surface area contributed by atoms with Crippen molar-refractivity contribution in [1.82, 2.24) is 4.90 Å². The highest BCUT2D eigenvalue weighted by Crippen LogP contribution is 2.18. The normalized spacial score (nSPS) is 14.9. The molecular weight excluding hydrogens is 214 g/mol. The molecule has 1 aromatic rings. The lowest BCUT2D eigenvalue weighted by molar-refractivity contribution is 0.117. The van der Waals surface area contributed by atoms with Gasteiger partial charge in [0.05, 0.1) is 12.7 Å². The largest absolute Gasteiger partial charge is 0.395 e. The number of benzene rings is 1. The minimum Gasteiger partial charge on any atom is -0.395 e. The van der Waals surface area contributed by atoms with Crippen LogP contribution in [0.25, 0.3) is 0 Å². The molecule has 0 saturated heterocycles. The van der Waals surface area contributed by atoms with Gasteiger partial charge in [0.2, 0.25) is 0 Å². The van der Waals surface area contributed by atoms with Crippen LogP contribution in [-0.2, 0) is 0 Å². The molecule has 0 bridgehead atoms. The van der Waals surface area contributed by atoms with Gasteiger partial charge in [-0.3, -0.25) is 0 Å². The molecule has 0 spiro atoms. The van der Waals surface area contributed by atoms with Crippen molar-refractivity contribution >= 4 is 0 Å². The van der Waals surface area contributed by atoms with Crippen molar-refractivity contribution in [3.05, 3.63) is 35.4 Å². The van der Waals surface area contributed by atoms with Gasteiger partial charge in [-0.15, -0.1) is 0 Å². The maximum Gasteiger partial charge on any atom is 0.0802 e. The summed E-state index contributed by atoms with van der Waals surface area (Å²) in [6.07, 6.45) is 0.257. The van der Waals surface area contributed by atoms with E-state index >= 15 is 0 Å². The molecule has 0 aliphatic rings. The Morgan fingerprint density at radius 2 is 2.06 bits per heavy atom. The minimum atomic E-state index is -0.428. The first-order valence-corrected chi connectivity index (χ1v) is 6.10. The molecule has 0 heterocycles. The van der Waals surface area contributed by atoms with Gasteiger partial charge in [-0.2, -0.15) is 0 Å². The van der Waals surface area contributed by atoms with Crippen LogP contribution in [0.1, 0.15) is 30.6 Å². The molecule has 3 nitrogen and oxygen atoms in total. The summed E-state index contributed by atoms with van der Waals surface area (Å²) in [4.78, 5) is 2.05. The zero-order chi connectivity index (χ0) is 12.8. The third kappa shape index (κ3) is 4.46. The first-order chi connectivity index (χ1) is 8.04. The second-order valence-corrected chi connectivity index (χ2v) is 4.73. The van der Waals surface area contributed by atoms with Gasteiger partial charge in [-0.05, 0) is 32.9 Å². The topological polar surface area (TPSA) is 43.7 Å². The van der Waals surface area contributed by atoms with Crippen molar-refractivity contribution in [3.63, 3.8) is 0 Å². The van der Waals surface area contributed by atoms with Gasteiger partial charge in [0.15, 0.2) is 0 Å². The number of hydrogen-bond acceptors (Lipinski definition) is 3. The summed E-state index contributed by atoms with van der Waals surface area (Å²) in [5.74, 6) is 0. The molecule has 0 aliphatic carbocycles. The van der Waals surface area contributed by atoms with Gasteiger partial charge in [0, 0.05) is 12.6 Å². The van der Waals surface area contributed by atoms with Crippen LogP contribution in [0.15, 0.2) is 24.3 Å². The Morgan fingerprint density at radius 3 is 2.65 bits per heavy atom. The highest BCUT2D eigenvalue weighted by Gasteiger charge is 2.12. The molecule has 0 aromatic heterocycles. The van der Waals surface area contributed by atoms with Crippen LogP contribution in [-0.4, -0.2) is 41.4 Å². The van der Waals surface area contributed by atoms with Gasteiger partial charge in [0.25, 0.3) is 0 Å². The summed E-state index contributed by atoms with van der Waals surface area (Å²) < 4.78 is 0. The molecular formula is C14H23NO2. The lowest BCUT2D eigenvalue weighted by atomic mass is 10.0. The number of likely N-dealkylation sites (N-methyl/N-ethyl adjacent to an activating group) is 1. The lowest BCUT2D eigenvalue weighted by Crippen LogP contribution is -2.33. The highest BCUT2D eigenvalue weighted by molar-refractivity contribution is 5.23. The maximum atomic E-state index is 10.1. The number of hydrogen-bond donors (Lipinski definition) is 2. The molecule has 3 heteroatoms. The number of aliphatic hydroxyl groups excluding tert-OH is 2. The molecule has 0 fully saturated rings. The van der Waals surface area contributed by atoms with Crippen molar-refractivity contribution < 1.29 is 10.2 Å². The quantitative estimate of drug-likeness (QED) is 0.792. The summed E-state index contributed by atoms with van der Waals surface area (Å²) >= 11 is 0. The average Bonchev–Trinajstić information content (AvgIpc) is 2.34.